The average Bonchev–Trinajstić information content (AvgIpc) is 3.29. The van der Waals surface area contributed by atoms with Crippen LogP contribution in [0.1, 0.15) is 35.3 Å². The molecule has 0 unspecified atom stereocenters. The number of carbonyl (C=O) groups excluding carboxylic acids is 1. The zero-order chi connectivity index (χ0) is 21.2. The average molecular weight is 480 g/mol. The molecule has 11 heteroatoms. The van der Waals surface area contributed by atoms with Crippen LogP contribution < -0.4 is 5.32 Å². The van der Waals surface area contributed by atoms with Gasteiger partial charge in [-0.25, -0.2) is 8.42 Å². The molecule has 1 saturated heterocycles. The van der Waals surface area contributed by atoms with E-state index in [9.17, 15) is 13.2 Å². The van der Waals surface area contributed by atoms with Crippen molar-refractivity contribution < 1.29 is 13.2 Å². The second kappa shape index (κ2) is 9.22. The molecule has 1 amide bonds. The minimum atomic E-state index is -3.77. The fourth-order valence-corrected chi connectivity index (χ4v) is 5.62. The summed E-state index contributed by atoms with van der Waals surface area (Å²) < 4.78 is 28.8. The van der Waals surface area contributed by atoms with Gasteiger partial charge in [0, 0.05) is 32.4 Å². The molecular formula is C18H21Cl3N4O3S. The van der Waals surface area contributed by atoms with Crippen molar-refractivity contribution >= 4 is 50.7 Å². The van der Waals surface area contributed by atoms with Gasteiger partial charge in [-0.3, -0.25) is 9.48 Å². The Morgan fingerprint density at radius 2 is 1.83 bits per heavy atom. The Morgan fingerprint density at radius 1 is 1.14 bits per heavy atom. The number of sulfonamides is 1. The van der Waals surface area contributed by atoms with E-state index >= 15 is 0 Å². The second-order valence-electron chi connectivity index (χ2n) is 6.81. The van der Waals surface area contributed by atoms with Crippen LogP contribution in [-0.4, -0.2) is 48.0 Å². The quantitative estimate of drug-likeness (QED) is 0.613. The summed E-state index contributed by atoms with van der Waals surface area (Å²) in [5.74, 6) is -0.459. The molecule has 1 fully saturated rings. The van der Waals surface area contributed by atoms with Crippen molar-refractivity contribution in [2.24, 2.45) is 0 Å². The number of rotatable bonds is 7. The number of benzene rings is 1. The molecule has 0 spiro atoms. The number of halogens is 3. The van der Waals surface area contributed by atoms with Crippen LogP contribution >= 0.6 is 34.8 Å². The molecule has 0 bridgehead atoms. The smallest absolute Gasteiger partial charge is 0.252 e. The van der Waals surface area contributed by atoms with Crippen LogP contribution in [0.4, 0.5) is 0 Å². The first-order valence-electron chi connectivity index (χ1n) is 9.17. The number of aromatic nitrogens is 2. The van der Waals surface area contributed by atoms with Gasteiger partial charge in [-0.2, -0.15) is 9.40 Å². The number of aryl methyl sites for hydroxylation is 2. The van der Waals surface area contributed by atoms with E-state index < -0.39 is 15.9 Å². The zero-order valence-corrected chi connectivity index (χ0v) is 18.9. The Labute approximate surface area is 185 Å². The van der Waals surface area contributed by atoms with Crippen LogP contribution in [0.3, 0.4) is 0 Å². The van der Waals surface area contributed by atoms with Crippen molar-refractivity contribution in [3.05, 3.63) is 44.7 Å². The van der Waals surface area contributed by atoms with Crippen LogP contribution in [0, 0.1) is 6.92 Å². The third-order valence-electron chi connectivity index (χ3n) is 4.69. The van der Waals surface area contributed by atoms with E-state index in [0.717, 1.165) is 18.5 Å². The number of amides is 1. The van der Waals surface area contributed by atoms with Crippen molar-refractivity contribution in [3.63, 3.8) is 0 Å². The predicted octanol–water partition coefficient (Wildman–Crippen LogP) is 3.76. The van der Waals surface area contributed by atoms with Crippen LogP contribution in [0.5, 0.6) is 0 Å². The van der Waals surface area contributed by atoms with Crippen LogP contribution in [0.25, 0.3) is 0 Å². The Balaban J connectivity index is 1.68. The summed E-state index contributed by atoms with van der Waals surface area (Å²) in [7, 11) is -3.77. The van der Waals surface area contributed by atoms with E-state index in [0.29, 0.717) is 37.6 Å². The molecule has 7 nitrogen and oxygen atoms in total. The maximum atomic E-state index is 12.8. The van der Waals surface area contributed by atoms with Gasteiger partial charge >= 0.3 is 0 Å². The van der Waals surface area contributed by atoms with Crippen molar-refractivity contribution in [3.8, 4) is 0 Å². The van der Waals surface area contributed by atoms with E-state index in [1.165, 1.54) is 16.4 Å². The van der Waals surface area contributed by atoms with Gasteiger partial charge in [0.1, 0.15) is 4.90 Å². The lowest BCUT2D eigenvalue weighted by atomic mass is 10.2. The first-order chi connectivity index (χ1) is 13.7. The SMILES string of the molecule is Cc1nn(CCCNC(=O)c2cc(S(=O)(=O)N3CCCC3)c(Cl)cc2Cl)cc1Cl. The van der Waals surface area contributed by atoms with Gasteiger partial charge in [-0.05, 0) is 38.3 Å². The maximum absolute atomic E-state index is 12.8. The molecule has 1 aliphatic heterocycles. The largest absolute Gasteiger partial charge is 0.352 e. The molecule has 1 N–H and O–H groups in total. The topological polar surface area (TPSA) is 84.3 Å². The van der Waals surface area contributed by atoms with Crippen molar-refractivity contribution in [2.75, 3.05) is 19.6 Å². The lowest BCUT2D eigenvalue weighted by Gasteiger charge is -2.17. The highest BCUT2D eigenvalue weighted by Crippen LogP contribution is 2.32. The van der Waals surface area contributed by atoms with E-state index in [2.05, 4.69) is 10.4 Å². The predicted molar refractivity (Wildman–Crippen MR) is 113 cm³/mol. The Bertz CT molecular complexity index is 998. The number of nitrogens with one attached hydrogen (secondary N) is 1. The summed E-state index contributed by atoms with van der Waals surface area (Å²) in [6.07, 6.45) is 3.95. The fraction of sp³-hybridized carbons (Fsp3) is 0.444. The lowest BCUT2D eigenvalue weighted by molar-refractivity contribution is 0.0952. The van der Waals surface area contributed by atoms with Crippen LogP contribution in [0.2, 0.25) is 15.1 Å². The molecule has 1 aromatic carbocycles. The summed E-state index contributed by atoms with van der Waals surface area (Å²) in [5, 5.41) is 7.70. The second-order valence-corrected chi connectivity index (χ2v) is 9.94. The Hall–Kier alpha value is -1.32. The molecule has 1 aliphatic rings. The van der Waals surface area contributed by atoms with Gasteiger partial charge in [0.25, 0.3) is 5.91 Å². The third-order valence-corrected chi connectivity index (χ3v) is 7.73. The standard InChI is InChI=1S/C18H21Cl3N4O3S/c1-12-16(21)11-24(23-12)6-4-5-22-18(26)13-9-17(15(20)10-14(13)19)29(27,28)25-7-2-3-8-25/h9-11H,2-8H2,1H3,(H,22,26). The third kappa shape index (κ3) is 5.06. The summed E-state index contributed by atoms with van der Waals surface area (Å²) in [6, 6.07) is 2.56. The van der Waals surface area contributed by atoms with Crippen molar-refractivity contribution in [1.29, 1.82) is 0 Å². The van der Waals surface area contributed by atoms with Gasteiger partial charge in [-0.15, -0.1) is 0 Å². The highest BCUT2D eigenvalue weighted by atomic mass is 35.5. The van der Waals surface area contributed by atoms with Gasteiger partial charge in [0.15, 0.2) is 0 Å². The maximum Gasteiger partial charge on any atom is 0.252 e. The number of carbonyl (C=O) groups is 1. The monoisotopic (exact) mass is 478 g/mol. The highest BCUT2D eigenvalue weighted by Gasteiger charge is 2.30. The van der Waals surface area contributed by atoms with Gasteiger partial charge < -0.3 is 5.32 Å². The molecule has 0 saturated carbocycles. The molecule has 0 aliphatic carbocycles. The molecule has 158 valence electrons. The molecule has 2 heterocycles. The molecular weight excluding hydrogens is 459 g/mol. The van der Waals surface area contributed by atoms with Crippen LogP contribution in [-0.2, 0) is 16.6 Å². The van der Waals surface area contributed by atoms with E-state index in [1.54, 1.807) is 10.9 Å². The van der Waals surface area contributed by atoms with E-state index in [1.807, 2.05) is 6.92 Å². The first kappa shape index (κ1) is 22.4. The Morgan fingerprint density at radius 3 is 2.45 bits per heavy atom. The summed E-state index contributed by atoms with van der Waals surface area (Å²) in [4.78, 5) is 12.5. The number of hydrogen-bond acceptors (Lipinski definition) is 4. The highest BCUT2D eigenvalue weighted by molar-refractivity contribution is 7.89. The zero-order valence-electron chi connectivity index (χ0n) is 15.8. The number of hydrogen-bond donors (Lipinski definition) is 1. The van der Waals surface area contributed by atoms with Gasteiger partial charge in [-0.1, -0.05) is 34.8 Å². The normalized spacial score (nSPS) is 15.0. The summed E-state index contributed by atoms with van der Waals surface area (Å²) >= 11 is 18.3. The molecule has 1 aromatic heterocycles. The minimum Gasteiger partial charge on any atom is -0.352 e. The fourth-order valence-electron chi connectivity index (χ4n) is 3.11. The van der Waals surface area contributed by atoms with Crippen molar-refractivity contribution in [2.45, 2.75) is 37.6 Å². The Kier molecular flexibility index (Phi) is 7.11. The van der Waals surface area contributed by atoms with Crippen molar-refractivity contribution in [1.82, 2.24) is 19.4 Å². The minimum absolute atomic E-state index is 0.00406. The lowest BCUT2D eigenvalue weighted by Crippen LogP contribution is -2.29. The molecule has 2 aromatic rings. The first-order valence-corrected chi connectivity index (χ1v) is 11.7. The summed E-state index contributed by atoms with van der Waals surface area (Å²) in [6.45, 7) is 3.65. The molecule has 0 atom stereocenters. The summed E-state index contributed by atoms with van der Waals surface area (Å²) in [5.41, 5.74) is 0.821. The van der Waals surface area contributed by atoms with E-state index in [4.69, 9.17) is 34.8 Å². The molecule has 29 heavy (non-hydrogen) atoms. The van der Waals surface area contributed by atoms with Crippen LogP contribution in [0.15, 0.2) is 23.2 Å². The van der Waals surface area contributed by atoms with Gasteiger partial charge in [0.05, 0.1) is 26.3 Å². The number of nitrogens with zero attached hydrogens (tertiary/aromatic N) is 3. The molecule has 3 rings (SSSR count). The van der Waals surface area contributed by atoms with Gasteiger partial charge in [0.2, 0.25) is 10.0 Å². The molecule has 0 radical (unpaired) electrons. The van der Waals surface area contributed by atoms with E-state index in [-0.39, 0.29) is 20.5 Å².